The van der Waals surface area contributed by atoms with Crippen molar-refractivity contribution in [3.05, 3.63) is 18.1 Å². The van der Waals surface area contributed by atoms with E-state index in [1.807, 2.05) is 0 Å². The standard InChI is InChI=1S/C6H6ClN3O2S/c1-4-5(13(7,11)12)10-3-2-8-6(10)9-4/h2-3H,1H3,(H,8,9). The van der Waals surface area contributed by atoms with Gasteiger partial charge < -0.3 is 4.98 Å². The molecule has 1 N–H and O–H groups in total. The van der Waals surface area contributed by atoms with E-state index in [9.17, 15) is 8.42 Å². The van der Waals surface area contributed by atoms with Crippen LogP contribution in [0.5, 0.6) is 0 Å². The highest BCUT2D eigenvalue weighted by atomic mass is 35.7. The fraction of sp³-hybridized carbons (Fsp3) is 0.167. The van der Waals surface area contributed by atoms with Gasteiger partial charge in [0.15, 0.2) is 5.03 Å². The summed E-state index contributed by atoms with van der Waals surface area (Å²) >= 11 is 0. The molecular weight excluding hydrogens is 214 g/mol. The van der Waals surface area contributed by atoms with Crippen LogP contribution >= 0.6 is 10.7 Å². The Hall–Kier alpha value is -1.01. The van der Waals surface area contributed by atoms with E-state index in [4.69, 9.17) is 10.7 Å². The Morgan fingerprint density at radius 2 is 2.31 bits per heavy atom. The average Bonchev–Trinajstić information content (AvgIpc) is 2.41. The molecule has 0 unspecified atom stereocenters. The lowest BCUT2D eigenvalue weighted by atomic mass is 10.6. The van der Waals surface area contributed by atoms with Gasteiger partial charge in [-0.1, -0.05) is 0 Å². The molecule has 13 heavy (non-hydrogen) atoms. The van der Waals surface area contributed by atoms with Crippen LogP contribution in [-0.2, 0) is 9.05 Å². The number of aryl methyl sites for hydroxylation is 1. The predicted molar refractivity (Wildman–Crippen MR) is 47.3 cm³/mol. The molecule has 0 aromatic carbocycles. The summed E-state index contributed by atoms with van der Waals surface area (Å²) in [4.78, 5) is 6.70. The third-order valence-electron chi connectivity index (χ3n) is 1.71. The van der Waals surface area contributed by atoms with Crippen LogP contribution in [0.25, 0.3) is 5.78 Å². The minimum absolute atomic E-state index is 0.0432. The van der Waals surface area contributed by atoms with Gasteiger partial charge in [-0.2, -0.15) is 0 Å². The summed E-state index contributed by atoms with van der Waals surface area (Å²) in [6, 6.07) is 0. The van der Waals surface area contributed by atoms with Gasteiger partial charge in [0.1, 0.15) is 0 Å². The fourth-order valence-corrected chi connectivity index (χ4v) is 2.63. The molecule has 7 heteroatoms. The molecule has 5 nitrogen and oxygen atoms in total. The topological polar surface area (TPSA) is 67.2 Å². The van der Waals surface area contributed by atoms with Crippen molar-refractivity contribution in [1.82, 2.24) is 14.4 Å². The molecule has 0 amide bonds. The van der Waals surface area contributed by atoms with Crippen LogP contribution in [0.1, 0.15) is 5.69 Å². The predicted octanol–water partition coefficient (Wildman–Crippen LogP) is 0.898. The fourth-order valence-electron chi connectivity index (χ4n) is 1.26. The number of nitrogens with one attached hydrogen (secondary N) is 1. The number of hydrogen-bond donors (Lipinski definition) is 1. The van der Waals surface area contributed by atoms with Crippen molar-refractivity contribution in [2.45, 2.75) is 11.9 Å². The minimum atomic E-state index is -3.72. The lowest BCUT2D eigenvalue weighted by Crippen LogP contribution is -1.97. The van der Waals surface area contributed by atoms with Crippen molar-refractivity contribution in [3.8, 4) is 0 Å². The molecule has 2 rings (SSSR count). The highest BCUT2D eigenvalue weighted by molar-refractivity contribution is 8.13. The first-order chi connectivity index (χ1) is 6.00. The highest BCUT2D eigenvalue weighted by Crippen LogP contribution is 2.19. The number of H-pyrrole nitrogens is 1. The van der Waals surface area contributed by atoms with Crippen molar-refractivity contribution >= 4 is 25.5 Å². The largest absolute Gasteiger partial charge is 0.326 e. The summed E-state index contributed by atoms with van der Waals surface area (Å²) in [5.74, 6) is 0.469. The molecule has 2 aromatic heterocycles. The van der Waals surface area contributed by atoms with Crippen LogP contribution in [0.15, 0.2) is 17.4 Å². The Kier molecular flexibility index (Phi) is 1.64. The highest BCUT2D eigenvalue weighted by Gasteiger charge is 2.19. The lowest BCUT2D eigenvalue weighted by molar-refractivity contribution is 0.604. The van der Waals surface area contributed by atoms with Crippen LogP contribution in [0.2, 0.25) is 0 Å². The smallest absolute Gasteiger partial charge is 0.279 e. The molecular formula is C6H6ClN3O2S. The van der Waals surface area contributed by atoms with E-state index in [1.165, 1.54) is 16.8 Å². The molecule has 0 saturated heterocycles. The summed E-state index contributed by atoms with van der Waals surface area (Å²) < 4.78 is 23.6. The number of rotatable bonds is 1. The second kappa shape index (κ2) is 2.49. The Morgan fingerprint density at radius 1 is 1.62 bits per heavy atom. The molecule has 2 aromatic rings. The van der Waals surface area contributed by atoms with Gasteiger partial charge in [-0.3, -0.25) is 4.40 Å². The van der Waals surface area contributed by atoms with Gasteiger partial charge in [0.25, 0.3) is 9.05 Å². The van der Waals surface area contributed by atoms with E-state index in [2.05, 4.69) is 9.97 Å². The number of aromatic nitrogens is 3. The molecule has 70 valence electrons. The summed E-state index contributed by atoms with van der Waals surface area (Å²) in [5.41, 5.74) is 0.484. The van der Waals surface area contributed by atoms with Gasteiger partial charge in [-0.25, -0.2) is 13.4 Å². The van der Waals surface area contributed by atoms with E-state index in [-0.39, 0.29) is 5.03 Å². The molecule has 0 aliphatic heterocycles. The zero-order valence-corrected chi connectivity index (χ0v) is 8.22. The van der Waals surface area contributed by atoms with E-state index in [0.717, 1.165) is 0 Å². The Morgan fingerprint density at radius 3 is 2.92 bits per heavy atom. The summed E-state index contributed by atoms with van der Waals surface area (Å²) in [6.45, 7) is 1.63. The summed E-state index contributed by atoms with van der Waals surface area (Å²) in [6.07, 6.45) is 3.03. The van der Waals surface area contributed by atoms with Crippen LogP contribution in [0.4, 0.5) is 0 Å². The average molecular weight is 220 g/mol. The maximum atomic E-state index is 11.1. The van der Waals surface area contributed by atoms with Crippen molar-refractivity contribution in [2.75, 3.05) is 0 Å². The molecule has 0 bridgehead atoms. The van der Waals surface area contributed by atoms with Gasteiger partial charge in [0.2, 0.25) is 5.78 Å². The third kappa shape index (κ3) is 1.22. The first kappa shape index (κ1) is 8.58. The van der Waals surface area contributed by atoms with Crippen LogP contribution in [0, 0.1) is 6.92 Å². The SMILES string of the molecule is Cc1[nH]c2nccn2c1S(=O)(=O)Cl. The van der Waals surface area contributed by atoms with Crippen LogP contribution < -0.4 is 0 Å². The van der Waals surface area contributed by atoms with Crippen LogP contribution in [-0.4, -0.2) is 22.8 Å². The second-order valence-corrected chi connectivity index (χ2v) is 5.10. The molecule has 0 atom stereocenters. The number of halogens is 1. The van der Waals surface area contributed by atoms with E-state index >= 15 is 0 Å². The zero-order chi connectivity index (χ0) is 9.64. The maximum Gasteiger partial charge on any atom is 0.279 e. The first-order valence-corrected chi connectivity index (χ1v) is 5.77. The summed E-state index contributed by atoms with van der Waals surface area (Å²) in [7, 11) is 1.52. The van der Waals surface area contributed by atoms with Crippen molar-refractivity contribution in [3.63, 3.8) is 0 Å². The van der Waals surface area contributed by atoms with Gasteiger partial charge in [-0.05, 0) is 6.92 Å². The molecule has 0 radical (unpaired) electrons. The third-order valence-corrected chi connectivity index (χ3v) is 3.11. The summed E-state index contributed by atoms with van der Waals surface area (Å²) in [5, 5.41) is 0.0432. The van der Waals surface area contributed by atoms with Gasteiger partial charge in [0.05, 0.1) is 5.69 Å². The Bertz CT molecular complexity index is 553. The van der Waals surface area contributed by atoms with E-state index in [1.54, 1.807) is 6.92 Å². The van der Waals surface area contributed by atoms with Crippen molar-refractivity contribution in [1.29, 1.82) is 0 Å². The Labute approximate surface area is 78.8 Å². The zero-order valence-electron chi connectivity index (χ0n) is 6.65. The number of aromatic amines is 1. The number of fused-ring (bicyclic) bond motifs is 1. The molecule has 0 aliphatic rings. The second-order valence-electron chi connectivity index (χ2n) is 2.61. The minimum Gasteiger partial charge on any atom is -0.326 e. The maximum absolute atomic E-state index is 11.1. The number of nitrogens with zero attached hydrogens (tertiary/aromatic N) is 2. The van der Waals surface area contributed by atoms with E-state index in [0.29, 0.717) is 11.5 Å². The van der Waals surface area contributed by atoms with E-state index < -0.39 is 9.05 Å². The molecule has 2 heterocycles. The van der Waals surface area contributed by atoms with Gasteiger partial charge in [0, 0.05) is 23.1 Å². The van der Waals surface area contributed by atoms with Gasteiger partial charge in [-0.15, -0.1) is 0 Å². The molecule has 0 fully saturated rings. The Balaban J connectivity index is 2.94. The van der Waals surface area contributed by atoms with Gasteiger partial charge >= 0.3 is 0 Å². The lowest BCUT2D eigenvalue weighted by Gasteiger charge is -1.93. The number of hydrogen-bond acceptors (Lipinski definition) is 3. The van der Waals surface area contributed by atoms with Crippen molar-refractivity contribution < 1.29 is 8.42 Å². The molecule has 0 saturated carbocycles. The first-order valence-electron chi connectivity index (χ1n) is 3.46. The normalized spacial score (nSPS) is 12.5. The van der Waals surface area contributed by atoms with Crippen LogP contribution in [0.3, 0.4) is 0 Å². The molecule has 0 aliphatic carbocycles. The number of imidazole rings is 2. The van der Waals surface area contributed by atoms with Crippen molar-refractivity contribution in [2.24, 2.45) is 0 Å². The monoisotopic (exact) mass is 219 g/mol. The quantitative estimate of drug-likeness (QED) is 0.725. The molecule has 0 spiro atoms.